The molecule has 176 valence electrons. The number of carbonyl (C=O) groups excluding carboxylic acids is 3. The summed E-state index contributed by atoms with van der Waals surface area (Å²) >= 11 is 0. The topological polar surface area (TPSA) is 69.7 Å². The van der Waals surface area contributed by atoms with Crippen LogP contribution in [0.25, 0.3) is 0 Å². The molecule has 0 aromatic heterocycles. The van der Waals surface area contributed by atoms with Crippen LogP contribution in [0.1, 0.15) is 58.6 Å². The number of benzene rings is 1. The van der Waals surface area contributed by atoms with Gasteiger partial charge in [-0.25, -0.2) is 4.79 Å². The van der Waals surface area contributed by atoms with Gasteiger partial charge in [0, 0.05) is 6.04 Å². The van der Waals surface area contributed by atoms with Crippen LogP contribution in [0.15, 0.2) is 24.3 Å². The van der Waals surface area contributed by atoms with Gasteiger partial charge in [0.1, 0.15) is 18.6 Å². The molecule has 2 unspecified atom stereocenters. The maximum atomic E-state index is 13.1. The van der Waals surface area contributed by atoms with E-state index in [1.165, 1.54) is 6.92 Å². The highest BCUT2D eigenvalue weighted by molar-refractivity contribution is 6.09. The molecule has 1 aromatic carbocycles. The molecular formula is C23H30F3N3O3. The van der Waals surface area contributed by atoms with E-state index in [1.807, 2.05) is 12.1 Å². The Morgan fingerprint density at radius 3 is 2.22 bits per heavy atom. The summed E-state index contributed by atoms with van der Waals surface area (Å²) in [5.74, 6) is -1.54. The van der Waals surface area contributed by atoms with E-state index in [1.54, 1.807) is 19.1 Å². The van der Waals surface area contributed by atoms with Gasteiger partial charge in [0.15, 0.2) is 0 Å². The molecule has 2 aliphatic rings. The van der Waals surface area contributed by atoms with Gasteiger partial charge in [-0.05, 0) is 49.1 Å². The molecule has 1 aliphatic carbocycles. The van der Waals surface area contributed by atoms with Gasteiger partial charge in [0.25, 0.3) is 5.91 Å². The van der Waals surface area contributed by atoms with Crippen molar-refractivity contribution in [1.82, 2.24) is 15.1 Å². The molecular weight excluding hydrogens is 423 g/mol. The Morgan fingerprint density at radius 2 is 1.75 bits per heavy atom. The van der Waals surface area contributed by atoms with Gasteiger partial charge in [-0.3, -0.25) is 14.5 Å². The molecule has 1 heterocycles. The molecule has 1 N–H and O–H groups in total. The van der Waals surface area contributed by atoms with Crippen molar-refractivity contribution < 1.29 is 27.6 Å². The molecule has 3 rings (SSSR count). The summed E-state index contributed by atoms with van der Waals surface area (Å²) in [6.07, 6.45) is -3.05. The molecule has 1 aromatic rings. The summed E-state index contributed by atoms with van der Waals surface area (Å²) in [4.78, 5) is 39.9. The number of nitrogens with one attached hydrogen (secondary N) is 1. The fourth-order valence-corrected chi connectivity index (χ4v) is 4.05. The van der Waals surface area contributed by atoms with Crippen LogP contribution < -0.4 is 5.32 Å². The lowest BCUT2D eigenvalue weighted by atomic mass is 9.84. The van der Waals surface area contributed by atoms with E-state index < -0.39 is 48.7 Å². The largest absolute Gasteiger partial charge is 0.406 e. The quantitative estimate of drug-likeness (QED) is 0.664. The van der Waals surface area contributed by atoms with Crippen LogP contribution in [-0.2, 0) is 20.5 Å². The van der Waals surface area contributed by atoms with E-state index in [0.29, 0.717) is 10.5 Å². The van der Waals surface area contributed by atoms with E-state index in [4.69, 9.17) is 0 Å². The molecule has 4 amide bonds. The number of imide groups is 1. The second kappa shape index (κ2) is 8.08. The van der Waals surface area contributed by atoms with Gasteiger partial charge in [-0.2, -0.15) is 13.2 Å². The second-order valence-electron chi connectivity index (χ2n) is 9.99. The molecule has 32 heavy (non-hydrogen) atoms. The van der Waals surface area contributed by atoms with E-state index >= 15 is 0 Å². The molecule has 0 bridgehead atoms. The van der Waals surface area contributed by atoms with Crippen molar-refractivity contribution in [3.63, 3.8) is 0 Å². The van der Waals surface area contributed by atoms with Crippen molar-refractivity contribution in [3.05, 3.63) is 35.4 Å². The normalized spacial score (nSPS) is 22.7. The Bertz CT molecular complexity index is 904. The highest BCUT2D eigenvalue weighted by Gasteiger charge is 2.50. The van der Waals surface area contributed by atoms with Gasteiger partial charge in [0.2, 0.25) is 5.91 Å². The number of rotatable bonds is 6. The number of hydrogen-bond donors (Lipinski definition) is 1. The lowest BCUT2D eigenvalue weighted by Crippen LogP contribution is -2.50. The average Bonchev–Trinajstić information content (AvgIpc) is 3.49. The fourth-order valence-electron chi connectivity index (χ4n) is 4.05. The summed E-state index contributed by atoms with van der Waals surface area (Å²) in [5.41, 5.74) is 0.0916. The monoisotopic (exact) mass is 453 g/mol. The first-order valence-electron chi connectivity index (χ1n) is 10.7. The Morgan fingerprint density at radius 1 is 1.19 bits per heavy atom. The third-order valence-corrected chi connectivity index (χ3v) is 6.36. The molecule has 1 saturated heterocycles. The minimum atomic E-state index is -4.57. The summed E-state index contributed by atoms with van der Waals surface area (Å²) in [5, 5.41) is 2.61. The third kappa shape index (κ3) is 4.91. The van der Waals surface area contributed by atoms with Gasteiger partial charge < -0.3 is 10.2 Å². The summed E-state index contributed by atoms with van der Waals surface area (Å²) in [6.45, 7) is 7.13. The zero-order chi connectivity index (χ0) is 24.1. The molecule has 1 saturated carbocycles. The van der Waals surface area contributed by atoms with Crippen LogP contribution in [-0.4, -0.2) is 53.0 Å². The van der Waals surface area contributed by atoms with Crippen LogP contribution in [0.2, 0.25) is 0 Å². The van der Waals surface area contributed by atoms with E-state index in [-0.39, 0.29) is 11.3 Å². The predicted molar refractivity (Wildman–Crippen MR) is 113 cm³/mol. The van der Waals surface area contributed by atoms with Gasteiger partial charge in [-0.15, -0.1) is 0 Å². The molecule has 6 nitrogen and oxygen atoms in total. The Kier molecular flexibility index (Phi) is 6.08. The van der Waals surface area contributed by atoms with Gasteiger partial charge >= 0.3 is 12.2 Å². The number of alkyl halides is 3. The first kappa shape index (κ1) is 24.1. The summed E-state index contributed by atoms with van der Waals surface area (Å²) in [6, 6.07) is 5.83. The highest BCUT2D eigenvalue weighted by Crippen LogP contribution is 2.37. The smallest absolute Gasteiger partial charge is 0.329 e. The van der Waals surface area contributed by atoms with E-state index in [2.05, 4.69) is 26.1 Å². The molecule has 9 heteroatoms. The molecule has 2 atom stereocenters. The zero-order valence-corrected chi connectivity index (χ0v) is 19.0. The number of hydrogen-bond acceptors (Lipinski definition) is 3. The van der Waals surface area contributed by atoms with Crippen molar-refractivity contribution in [2.24, 2.45) is 5.92 Å². The van der Waals surface area contributed by atoms with Gasteiger partial charge in [0.05, 0.1) is 0 Å². The average molecular weight is 454 g/mol. The number of amides is 4. The summed E-state index contributed by atoms with van der Waals surface area (Å²) in [7, 11) is 0. The zero-order valence-electron chi connectivity index (χ0n) is 19.0. The van der Waals surface area contributed by atoms with E-state index in [0.717, 1.165) is 23.3 Å². The van der Waals surface area contributed by atoms with Crippen LogP contribution in [0.5, 0.6) is 0 Å². The van der Waals surface area contributed by atoms with Crippen LogP contribution in [0.4, 0.5) is 18.0 Å². The molecule has 0 radical (unpaired) electrons. The molecule has 1 aliphatic heterocycles. The fraction of sp³-hybridized carbons (Fsp3) is 0.609. The van der Waals surface area contributed by atoms with Crippen LogP contribution >= 0.6 is 0 Å². The Balaban J connectivity index is 1.79. The summed E-state index contributed by atoms with van der Waals surface area (Å²) < 4.78 is 39.3. The maximum Gasteiger partial charge on any atom is 0.406 e. The number of halogens is 3. The first-order valence-corrected chi connectivity index (χ1v) is 10.7. The predicted octanol–water partition coefficient (Wildman–Crippen LogP) is 3.94. The van der Waals surface area contributed by atoms with Crippen molar-refractivity contribution >= 4 is 17.8 Å². The molecule has 0 spiro atoms. The number of nitrogens with zero attached hydrogens (tertiary/aromatic N) is 2. The minimum absolute atomic E-state index is 0.0102. The third-order valence-electron chi connectivity index (χ3n) is 6.36. The first-order chi connectivity index (χ1) is 14.6. The maximum absolute atomic E-state index is 13.1. The Labute approximate surface area is 186 Å². The number of carbonyl (C=O) groups is 3. The number of urea groups is 1. The van der Waals surface area contributed by atoms with Gasteiger partial charge in [-0.1, -0.05) is 45.0 Å². The van der Waals surface area contributed by atoms with Crippen LogP contribution in [0, 0.1) is 5.92 Å². The lowest BCUT2D eigenvalue weighted by molar-refractivity contribution is -0.166. The standard InChI is InChI=1S/C23H30F3N3O3/c1-14(15-6-7-15)29(13-23(24,25)26)18(30)12-28-19(31)22(5,27-20(28)32)17-10-8-16(9-11-17)21(2,3)4/h8-11,14-15H,6-7,12-13H2,1-5H3,(H,27,32). The van der Waals surface area contributed by atoms with Crippen LogP contribution in [0.3, 0.4) is 0 Å². The highest BCUT2D eigenvalue weighted by atomic mass is 19.4. The SMILES string of the molecule is CC(C1CC1)N(CC(F)(F)F)C(=O)CN1C(=O)NC(C)(c2ccc(C(C)(C)C)cc2)C1=O. The Hall–Kier alpha value is -2.58. The second-order valence-corrected chi connectivity index (χ2v) is 9.99. The minimum Gasteiger partial charge on any atom is -0.329 e. The van der Waals surface area contributed by atoms with E-state index in [9.17, 15) is 27.6 Å². The van der Waals surface area contributed by atoms with Crippen molar-refractivity contribution in [2.75, 3.05) is 13.1 Å². The van der Waals surface area contributed by atoms with Crippen molar-refractivity contribution in [1.29, 1.82) is 0 Å². The van der Waals surface area contributed by atoms with Crippen molar-refractivity contribution in [2.45, 2.75) is 70.6 Å². The molecule has 2 fully saturated rings. The lowest BCUT2D eigenvalue weighted by Gasteiger charge is -2.31. The van der Waals surface area contributed by atoms with Crippen molar-refractivity contribution in [3.8, 4) is 0 Å².